The van der Waals surface area contributed by atoms with Gasteiger partial charge in [-0.2, -0.15) is 0 Å². The maximum atomic E-state index is 12.1. The summed E-state index contributed by atoms with van der Waals surface area (Å²) in [5.74, 6) is -0.250. The number of rotatable bonds is 8. The number of guanidine groups is 1. The molecule has 0 aliphatic heterocycles. The van der Waals surface area contributed by atoms with E-state index in [1.165, 1.54) is 7.11 Å². The topological polar surface area (TPSA) is 123 Å². The first-order chi connectivity index (χ1) is 13.0. The summed E-state index contributed by atoms with van der Waals surface area (Å²) in [7, 11) is 1.26. The maximum absolute atomic E-state index is 12.1. The summed E-state index contributed by atoms with van der Waals surface area (Å²) in [5, 5.41) is 5.13. The number of ether oxygens (including phenoxy) is 1. The Balaban J connectivity index is 1.74. The number of carbonyl (C=O) groups is 3. The highest BCUT2D eigenvalue weighted by atomic mass is 16.5. The van der Waals surface area contributed by atoms with Crippen molar-refractivity contribution in [2.75, 3.05) is 13.7 Å². The molecule has 2 aliphatic rings. The molecule has 27 heavy (non-hydrogen) atoms. The Morgan fingerprint density at radius 3 is 2.15 bits per heavy atom. The van der Waals surface area contributed by atoms with E-state index < -0.39 is 12.0 Å². The molecule has 2 saturated carbocycles. The van der Waals surface area contributed by atoms with Crippen LogP contribution in [0, 0.1) is 63.2 Å². The quantitative estimate of drug-likeness (QED) is 0.234. The zero-order valence-electron chi connectivity index (χ0n) is 15.0. The fourth-order valence-corrected chi connectivity index (χ4v) is 2.41. The van der Waals surface area contributed by atoms with Gasteiger partial charge in [-0.1, -0.05) is 0 Å². The summed E-state index contributed by atoms with van der Waals surface area (Å²) in [6.07, 6.45) is 14.4. The second-order valence-corrected chi connectivity index (χ2v) is 5.76. The third-order valence-corrected chi connectivity index (χ3v) is 3.82. The van der Waals surface area contributed by atoms with Crippen LogP contribution < -0.4 is 16.4 Å². The number of aliphatic imine (C=N–C) groups is 1. The fraction of sp³-hybridized carbons (Fsp3) is 0.263. The number of hydrogen-bond donors (Lipinski definition) is 3. The van der Waals surface area contributed by atoms with E-state index in [2.05, 4.69) is 15.6 Å². The Kier molecular flexibility index (Phi) is 8.54. The van der Waals surface area contributed by atoms with Gasteiger partial charge in [-0.15, -0.1) is 0 Å². The van der Waals surface area contributed by atoms with Gasteiger partial charge in [0.25, 0.3) is 0 Å². The van der Waals surface area contributed by atoms with Crippen LogP contribution in [0.15, 0.2) is 4.99 Å². The summed E-state index contributed by atoms with van der Waals surface area (Å²) in [4.78, 5) is 39.9. The lowest BCUT2D eigenvalue weighted by Crippen LogP contribution is -2.43. The molecule has 4 N–H and O–H groups in total. The molecule has 2 aliphatic carbocycles. The second kappa shape index (κ2) is 10.9. The van der Waals surface area contributed by atoms with Crippen LogP contribution in [0.1, 0.15) is 12.8 Å². The molecule has 0 bridgehead atoms. The average molecular weight is 370 g/mol. The molecule has 2 rings (SSSR count). The third kappa shape index (κ3) is 6.84. The van der Waals surface area contributed by atoms with Crippen LogP contribution in [-0.2, 0) is 19.1 Å². The van der Waals surface area contributed by atoms with E-state index in [-0.39, 0.29) is 24.3 Å². The van der Waals surface area contributed by atoms with E-state index >= 15 is 0 Å². The van der Waals surface area contributed by atoms with Crippen LogP contribution in [0.25, 0.3) is 0 Å². The van der Waals surface area contributed by atoms with Crippen LogP contribution in [0.4, 0.5) is 0 Å². The first-order valence-corrected chi connectivity index (χ1v) is 8.44. The van der Waals surface area contributed by atoms with E-state index in [4.69, 9.17) is 10.5 Å². The van der Waals surface area contributed by atoms with Gasteiger partial charge < -0.3 is 15.8 Å². The van der Waals surface area contributed by atoms with Crippen molar-refractivity contribution in [1.29, 1.82) is 0 Å². The average Bonchev–Trinajstić information content (AvgIpc) is 3.37. The normalized spacial score (nSPS) is 19.7. The van der Waals surface area contributed by atoms with Crippen molar-refractivity contribution in [3.05, 3.63) is 63.2 Å². The van der Waals surface area contributed by atoms with Crippen molar-refractivity contribution >= 4 is 23.7 Å². The highest BCUT2D eigenvalue weighted by Crippen LogP contribution is 2.23. The first kappa shape index (κ1) is 21.2. The molecule has 0 heterocycles. The molecular weight excluding hydrogens is 348 g/mol. The van der Waals surface area contributed by atoms with Gasteiger partial charge in [0.2, 0.25) is 11.8 Å². The molecular formula is C19H22N4O4. The summed E-state index contributed by atoms with van der Waals surface area (Å²) in [6.45, 7) is 0.285. The van der Waals surface area contributed by atoms with E-state index in [1.54, 1.807) is 51.4 Å². The largest absolute Gasteiger partial charge is 0.467 e. The van der Waals surface area contributed by atoms with Crippen molar-refractivity contribution in [3.8, 4) is 0 Å². The van der Waals surface area contributed by atoms with Gasteiger partial charge in [0.05, 0.1) is 18.9 Å². The van der Waals surface area contributed by atoms with Gasteiger partial charge in [-0.05, 0) is 64.2 Å². The van der Waals surface area contributed by atoms with Gasteiger partial charge in [-0.3, -0.25) is 19.9 Å². The Labute approximate surface area is 160 Å². The number of nitrogens with one attached hydrogen (secondary N) is 2. The summed E-state index contributed by atoms with van der Waals surface area (Å²) < 4.78 is 4.73. The molecule has 10 radical (unpaired) electrons. The number of methoxy groups -OCH3 is 1. The minimum absolute atomic E-state index is 0.00311. The molecule has 2 amide bonds. The van der Waals surface area contributed by atoms with Crippen LogP contribution in [0.3, 0.4) is 0 Å². The van der Waals surface area contributed by atoms with Gasteiger partial charge >= 0.3 is 5.97 Å². The van der Waals surface area contributed by atoms with Crippen molar-refractivity contribution in [1.82, 2.24) is 10.6 Å². The van der Waals surface area contributed by atoms with Crippen molar-refractivity contribution in [2.45, 2.75) is 18.9 Å². The van der Waals surface area contributed by atoms with Gasteiger partial charge in [0.15, 0.2) is 5.96 Å². The van der Waals surface area contributed by atoms with Crippen LogP contribution >= 0.6 is 0 Å². The van der Waals surface area contributed by atoms with Crippen LogP contribution in [0.5, 0.6) is 0 Å². The minimum atomic E-state index is -0.785. The number of nitrogens with zero attached hydrogens (tertiary/aromatic N) is 1. The number of nitrogens with two attached hydrogens (primary N) is 1. The van der Waals surface area contributed by atoms with Crippen molar-refractivity contribution < 1.29 is 19.1 Å². The molecule has 142 valence electrons. The monoisotopic (exact) mass is 370 g/mol. The van der Waals surface area contributed by atoms with E-state index in [9.17, 15) is 14.4 Å². The van der Waals surface area contributed by atoms with Crippen molar-refractivity contribution in [2.24, 2.45) is 10.7 Å². The zero-order valence-corrected chi connectivity index (χ0v) is 15.0. The lowest BCUT2D eigenvalue weighted by atomic mass is 10.1. The Morgan fingerprint density at radius 2 is 1.59 bits per heavy atom. The summed E-state index contributed by atoms with van der Waals surface area (Å²) >= 11 is 0. The van der Waals surface area contributed by atoms with E-state index in [0.717, 1.165) is 0 Å². The lowest BCUT2D eigenvalue weighted by Gasteiger charge is -2.18. The van der Waals surface area contributed by atoms with Crippen LogP contribution in [-0.4, -0.2) is 43.4 Å². The molecule has 1 atom stereocenters. The van der Waals surface area contributed by atoms with Crippen molar-refractivity contribution in [3.63, 3.8) is 0 Å². The molecule has 0 aromatic carbocycles. The highest BCUT2D eigenvalue weighted by Gasteiger charge is 2.29. The van der Waals surface area contributed by atoms with Gasteiger partial charge in [-0.25, -0.2) is 4.79 Å². The highest BCUT2D eigenvalue weighted by molar-refractivity contribution is 6.05. The van der Waals surface area contributed by atoms with Crippen LogP contribution in [0.2, 0.25) is 0 Å². The molecule has 0 aromatic rings. The Morgan fingerprint density at radius 1 is 1.04 bits per heavy atom. The Bertz CT molecular complexity index is 552. The summed E-state index contributed by atoms with van der Waals surface area (Å²) in [6, 6.07) is -0.785. The first-order valence-electron chi connectivity index (χ1n) is 8.44. The standard InChI is InChI=1S/C19H22N4O4/c1-27-18(26)15(22-16(24)13-7-2-3-8-13)11-6-12-21-19(20)23-17(25)14-9-4-5-10-14/h2-5,7-10,15H,6,11-12H2,1H3,(H,22,24)(H3,20,21,23,25)/t15-/m0/s1. The molecule has 8 heteroatoms. The lowest BCUT2D eigenvalue weighted by molar-refractivity contribution is -0.145. The molecule has 0 spiro atoms. The Hall–Kier alpha value is -2.12. The third-order valence-electron chi connectivity index (χ3n) is 3.82. The molecule has 0 saturated heterocycles. The summed E-state index contributed by atoms with van der Waals surface area (Å²) in [5.41, 5.74) is 5.69. The predicted molar refractivity (Wildman–Crippen MR) is 98.7 cm³/mol. The van der Waals surface area contributed by atoms with Gasteiger partial charge in [0, 0.05) is 6.54 Å². The smallest absolute Gasteiger partial charge is 0.328 e. The molecule has 0 unspecified atom stereocenters. The maximum Gasteiger partial charge on any atom is 0.328 e. The predicted octanol–water partition coefficient (Wildman–Crippen LogP) is -0.334. The number of hydrogen-bond acceptors (Lipinski definition) is 5. The molecule has 2 fully saturated rings. The molecule has 0 aromatic heterocycles. The zero-order chi connectivity index (χ0) is 19.6. The minimum Gasteiger partial charge on any atom is -0.467 e. The number of amides is 2. The molecule has 8 nitrogen and oxygen atoms in total. The second-order valence-electron chi connectivity index (χ2n) is 5.76. The number of carbonyl (C=O) groups excluding carboxylic acids is 3. The fourth-order valence-electron chi connectivity index (χ4n) is 2.41. The van der Waals surface area contributed by atoms with Gasteiger partial charge in [0.1, 0.15) is 6.04 Å². The van der Waals surface area contributed by atoms with E-state index in [0.29, 0.717) is 24.7 Å². The number of esters is 1. The SMILES string of the molecule is COC(=O)[C@H](CCCN=C(N)NC(=O)[C]1[CH][CH][CH][CH]1)NC(=O)[C]1[CH][CH][CH][CH]1. The van der Waals surface area contributed by atoms with E-state index in [1.807, 2.05) is 0 Å².